The molecule has 0 saturated carbocycles. The molecule has 0 spiro atoms. The number of nitrogens with zero attached hydrogens (tertiary/aromatic N) is 4. The molecule has 2 rings (SSSR count). The van der Waals surface area contributed by atoms with Crippen LogP contribution in [-0.4, -0.2) is 32.0 Å². The van der Waals surface area contributed by atoms with Gasteiger partial charge in [-0.05, 0) is 6.92 Å². The largest absolute Gasteiger partial charge is 0.349 e. The van der Waals surface area contributed by atoms with Gasteiger partial charge in [0.2, 0.25) is 0 Å². The summed E-state index contributed by atoms with van der Waals surface area (Å²) in [5, 5.41) is 2.77. The van der Waals surface area contributed by atoms with E-state index in [1.807, 2.05) is 17.7 Å². The van der Waals surface area contributed by atoms with Crippen molar-refractivity contribution in [2.45, 2.75) is 13.5 Å². The van der Waals surface area contributed by atoms with Crippen LogP contribution in [0.25, 0.3) is 0 Å². The number of nitrogens with one attached hydrogen (secondary N) is 1. The molecule has 0 fully saturated rings. The maximum Gasteiger partial charge on any atom is 0.271 e. The molecule has 6 nitrogen and oxygen atoms in total. The maximum atomic E-state index is 11.6. The Bertz CT molecular complexity index is 494. The third-order valence-corrected chi connectivity index (χ3v) is 2.36. The van der Waals surface area contributed by atoms with Crippen molar-refractivity contribution in [2.24, 2.45) is 0 Å². The van der Waals surface area contributed by atoms with E-state index in [9.17, 15) is 4.79 Å². The lowest BCUT2D eigenvalue weighted by Gasteiger charge is -2.06. The van der Waals surface area contributed by atoms with E-state index in [1.54, 1.807) is 6.20 Å². The molecule has 0 aromatic carbocycles. The van der Waals surface area contributed by atoms with Crippen LogP contribution in [-0.2, 0) is 6.54 Å². The van der Waals surface area contributed by atoms with E-state index in [1.165, 1.54) is 18.6 Å². The number of imidazole rings is 1. The Morgan fingerprint density at radius 1 is 1.35 bits per heavy atom. The monoisotopic (exact) mass is 231 g/mol. The van der Waals surface area contributed by atoms with Crippen LogP contribution in [0.1, 0.15) is 16.3 Å². The fourth-order valence-electron chi connectivity index (χ4n) is 1.44. The Kier molecular flexibility index (Phi) is 3.44. The van der Waals surface area contributed by atoms with Crippen LogP contribution in [0.4, 0.5) is 0 Å². The summed E-state index contributed by atoms with van der Waals surface area (Å²) in [5.74, 6) is 0.717. The number of carbonyl (C=O) groups excluding carboxylic acids is 1. The van der Waals surface area contributed by atoms with Gasteiger partial charge in [-0.15, -0.1) is 0 Å². The highest BCUT2D eigenvalue weighted by atomic mass is 16.1. The van der Waals surface area contributed by atoms with E-state index >= 15 is 0 Å². The van der Waals surface area contributed by atoms with Crippen LogP contribution >= 0.6 is 0 Å². The highest BCUT2D eigenvalue weighted by Gasteiger charge is 2.05. The quantitative estimate of drug-likeness (QED) is 0.827. The molecule has 0 aliphatic heterocycles. The van der Waals surface area contributed by atoms with Crippen LogP contribution in [0.5, 0.6) is 0 Å². The molecule has 0 aliphatic rings. The summed E-state index contributed by atoms with van der Waals surface area (Å²) in [6.07, 6.45) is 8.09. The zero-order valence-electron chi connectivity index (χ0n) is 9.50. The minimum atomic E-state index is -0.212. The molecule has 0 unspecified atom stereocenters. The second-order valence-electron chi connectivity index (χ2n) is 3.51. The first kappa shape index (κ1) is 11.3. The molecule has 1 N–H and O–H groups in total. The summed E-state index contributed by atoms with van der Waals surface area (Å²) in [5.41, 5.74) is 0.329. The van der Waals surface area contributed by atoms with Gasteiger partial charge in [-0.25, -0.2) is 9.97 Å². The van der Waals surface area contributed by atoms with Gasteiger partial charge in [0.1, 0.15) is 11.5 Å². The van der Waals surface area contributed by atoms with Crippen molar-refractivity contribution in [3.05, 3.63) is 42.5 Å². The molecule has 2 aromatic rings. The van der Waals surface area contributed by atoms with Gasteiger partial charge >= 0.3 is 0 Å². The highest BCUT2D eigenvalue weighted by molar-refractivity contribution is 5.91. The Morgan fingerprint density at radius 2 is 2.24 bits per heavy atom. The Hall–Kier alpha value is -2.24. The smallest absolute Gasteiger partial charge is 0.271 e. The molecule has 17 heavy (non-hydrogen) atoms. The average molecular weight is 231 g/mol. The first-order valence-electron chi connectivity index (χ1n) is 5.29. The first-order chi connectivity index (χ1) is 8.27. The fraction of sp³-hybridized carbons (Fsp3) is 0.273. The lowest BCUT2D eigenvalue weighted by atomic mass is 10.4. The Balaban J connectivity index is 1.84. The molecule has 0 atom stereocenters. The molecular formula is C11H13N5O. The number of carbonyl (C=O) groups is 1. The number of amides is 1. The van der Waals surface area contributed by atoms with Gasteiger partial charge < -0.3 is 9.88 Å². The summed E-state index contributed by atoms with van der Waals surface area (Å²) in [4.78, 5) is 23.5. The Morgan fingerprint density at radius 3 is 2.88 bits per heavy atom. The van der Waals surface area contributed by atoms with Crippen LogP contribution in [0.3, 0.4) is 0 Å². The Labute approximate surface area is 98.7 Å². The minimum Gasteiger partial charge on any atom is -0.349 e. The molecule has 1 amide bonds. The second-order valence-corrected chi connectivity index (χ2v) is 3.51. The summed E-state index contributed by atoms with van der Waals surface area (Å²) in [6, 6.07) is 0. The van der Waals surface area contributed by atoms with Gasteiger partial charge in [-0.3, -0.25) is 9.78 Å². The zero-order valence-corrected chi connectivity index (χ0v) is 9.50. The van der Waals surface area contributed by atoms with Gasteiger partial charge in [0.25, 0.3) is 5.91 Å². The first-order valence-corrected chi connectivity index (χ1v) is 5.29. The molecular weight excluding hydrogens is 218 g/mol. The highest BCUT2D eigenvalue weighted by Crippen LogP contribution is 1.94. The zero-order chi connectivity index (χ0) is 12.1. The molecule has 6 heteroatoms. The summed E-state index contributed by atoms with van der Waals surface area (Å²) in [7, 11) is 0. The van der Waals surface area contributed by atoms with E-state index in [2.05, 4.69) is 20.3 Å². The third kappa shape index (κ3) is 2.87. The van der Waals surface area contributed by atoms with Crippen LogP contribution in [0, 0.1) is 6.92 Å². The van der Waals surface area contributed by atoms with E-state index < -0.39 is 0 Å². The van der Waals surface area contributed by atoms with Crippen molar-refractivity contribution in [3.63, 3.8) is 0 Å². The van der Waals surface area contributed by atoms with Gasteiger partial charge in [0, 0.05) is 37.9 Å². The molecule has 2 aromatic heterocycles. The lowest BCUT2D eigenvalue weighted by molar-refractivity contribution is 0.0947. The topological polar surface area (TPSA) is 72.7 Å². The standard InChI is InChI=1S/C11H13N5O/c1-9-13-4-6-16(9)7-5-15-11(17)10-8-12-2-3-14-10/h2-4,6,8H,5,7H2,1H3,(H,15,17). The number of rotatable bonds is 4. The SMILES string of the molecule is Cc1nccn1CCNC(=O)c1cnccn1. The normalized spacial score (nSPS) is 10.2. The summed E-state index contributed by atoms with van der Waals surface area (Å²) < 4.78 is 1.97. The van der Waals surface area contributed by atoms with Crippen molar-refractivity contribution in [1.29, 1.82) is 0 Å². The fourth-order valence-corrected chi connectivity index (χ4v) is 1.44. The third-order valence-electron chi connectivity index (χ3n) is 2.36. The maximum absolute atomic E-state index is 11.6. The summed E-state index contributed by atoms with van der Waals surface area (Å²) >= 11 is 0. The second kappa shape index (κ2) is 5.20. The molecule has 88 valence electrons. The van der Waals surface area contributed by atoms with Gasteiger partial charge in [0.15, 0.2) is 0 Å². The number of hydrogen-bond donors (Lipinski definition) is 1. The molecule has 0 saturated heterocycles. The van der Waals surface area contributed by atoms with Crippen LogP contribution in [0.2, 0.25) is 0 Å². The number of aryl methyl sites for hydroxylation is 1. The minimum absolute atomic E-state index is 0.212. The molecule has 0 aliphatic carbocycles. The van der Waals surface area contributed by atoms with Crippen LogP contribution in [0.15, 0.2) is 31.0 Å². The molecule has 0 radical (unpaired) electrons. The van der Waals surface area contributed by atoms with E-state index in [0.717, 1.165) is 5.82 Å². The summed E-state index contributed by atoms with van der Waals surface area (Å²) in [6.45, 7) is 3.15. The van der Waals surface area contributed by atoms with E-state index in [4.69, 9.17) is 0 Å². The van der Waals surface area contributed by atoms with Gasteiger partial charge in [0.05, 0.1) is 6.20 Å². The number of hydrogen-bond acceptors (Lipinski definition) is 4. The van der Waals surface area contributed by atoms with Crippen molar-refractivity contribution < 1.29 is 4.79 Å². The average Bonchev–Trinajstić information content (AvgIpc) is 2.76. The van der Waals surface area contributed by atoms with Crippen LogP contribution < -0.4 is 5.32 Å². The van der Waals surface area contributed by atoms with Crippen molar-refractivity contribution in [3.8, 4) is 0 Å². The van der Waals surface area contributed by atoms with Gasteiger partial charge in [-0.1, -0.05) is 0 Å². The van der Waals surface area contributed by atoms with E-state index in [0.29, 0.717) is 18.8 Å². The molecule has 0 bridgehead atoms. The van der Waals surface area contributed by atoms with Gasteiger partial charge in [-0.2, -0.15) is 0 Å². The van der Waals surface area contributed by atoms with E-state index in [-0.39, 0.29) is 5.91 Å². The predicted octanol–water partition coefficient (Wildman–Crippen LogP) is 0.412. The predicted molar refractivity (Wildman–Crippen MR) is 61.3 cm³/mol. The number of aromatic nitrogens is 4. The van der Waals surface area contributed by atoms with Crippen molar-refractivity contribution in [1.82, 2.24) is 24.8 Å². The lowest BCUT2D eigenvalue weighted by Crippen LogP contribution is -2.28. The molecule has 2 heterocycles. The van der Waals surface area contributed by atoms with Crippen molar-refractivity contribution >= 4 is 5.91 Å². The van der Waals surface area contributed by atoms with Crippen molar-refractivity contribution in [2.75, 3.05) is 6.54 Å².